The Labute approximate surface area is 106 Å². The highest BCUT2D eigenvalue weighted by atomic mass is 16.5. The zero-order valence-electron chi connectivity index (χ0n) is 10.8. The number of hydrogen-bond donors (Lipinski definition) is 1. The molecule has 0 aromatic rings. The molecule has 2 rings (SSSR count). The van der Waals surface area contributed by atoms with Crippen molar-refractivity contribution in [2.45, 2.75) is 37.5 Å². The van der Waals surface area contributed by atoms with Gasteiger partial charge in [-0.3, -0.25) is 4.79 Å². The summed E-state index contributed by atoms with van der Waals surface area (Å²) < 4.78 is 5.29. The number of ether oxygens (including phenoxy) is 1. The summed E-state index contributed by atoms with van der Waals surface area (Å²) in [5.74, 6) is -1.03. The maximum absolute atomic E-state index is 12.2. The van der Waals surface area contributed by atoms with Gasteiger partial charge in [0.1, 0.15) is 6.10 Å². The van der Waals surface area contributed by atoms with Crippen molar-refractivity contribution in [3.8, 4) is 0 Å². The second-order valence-corrected chi connectivity index (χ2v) is 5.22. The average Bonchev–Trinajstić information content (AvgIpc) is 2.97. The molecule has 1 N–H and O–H groups in total. The van der Waals surface area contributed by atoms with E-state index in [2.05, 4.69) is 4.90 Å². The van der Waals surface area contributed by atoms with Gasteiger partial charge in [-0.15, -0.1) is 0 Å². The lowest BCUT2D eigenvalue weighted by molar-refractivity contribution is -0.154. The van der Waals surface area contributed by atoms with E-state index in [0.717, 1.165) is 13.0 Å². The molecule has 0 aromatic carbocycles. The standard InChI is InChI=1S/C12H20N2O4/c1-13(2)8-5-6-14(7-8)11(15)9-3-4-10(18-9)12(16)17/h8-10H,3-7H2,1-2H3,(H,16,17). The fourth-order valence-electron chi connectivity index (χ4n) is 2.57. The largest absolute Gasteiger partial charge is 0.479 e. The molecule has 6 nitrogen and oxygen atoms in total. The summed E-state index contributed by atoms with van der Waals surface area (Å²) in [4.78, 5) is 26.9. The van der Waals surface area contributed by atoms with Crippen LogP contribution in [0.15, 0.2) is 0 Å². The van der Waals surface area contributed by atoms with E-state index in [9.17, 15) is 9.59 Å². The Morgan fingerprint density at radius 3 is 2.39 bits per heavy atom. The molecule has 6 heteroatoms. The van der Waals surface area contributed by atoms with Gasteiger partial charge in [0, 0.05) is 19.1 Å². The van der Waals surface area contributed by atoms with E-state index in [1.807, 2.05) is 14.1 Å². The predicted molar refractivity (Wildman–Crippen MR) is 64.2 cm³/mol. The summed E-state index contributed by atoms with van der Waals surface area (Å²) >= 11 is 0. The number of likely N-dealkylation sites (tertiary alicyclic amines) is 1. The van der Waals surface area contributed by atoms with Crippen molar-refractivity contribution < 1.29 is 19.4 Å². The van der Waals surface area contributed by atoms with Gasteiger partial charge >= 0.3 is 5.97 Å². The molecule has 2 saturated heterocycles. The molecular weight excluding hydrogens is 236 g/mol. The smallest absolute Gasteiger partial charge is 0.332 e. The van der Waals surface area contributed by atoms with E-state index in [-0.39, 0.29) is 5.91 Å². The lowest BCUT2D eigenvalue weighted by Crippen LogP contribution is -2.40. The molecule has 0 aliphatic carbocycles. The lowest BCUT2D eigenvalue weighted by Gasteiger charge is -2.22. The zero-order valence-corrected chi connectivity index (χ0v) is 10.8. The molecule has 0 saturated carbocycles. The molecule has 2 aliphatic heterocycles. The van der Waals surface area contributed by atoms with Crippen LogP contribution in [0.2, 0.25) is 0 Å². The van der Waals surface area contributed by atoms with Crippen molar-refractivity contribution in [3.63, 3.8) is 0 Å². The van der Waals surface area contributed by atoms with E-state index >= 15 is 0 Å². The first-order valence-electron chi connectivity index (χ1n) is 6.32. The molecule has 3 atom stereocenters. The van der Waals surface area contributed by atoms with Gasteiger partial charge in [-0.25, -0.2) is 4.79 Å². The van der Waals surface area contributed by atoms with Crippen LogP contribution in [0, 0.1) is 0 Å². The highest BCUT2D eigenvalue weighted by Gasteiger charge is 2.38. The van der Waals surface area contributed by atoms with Gasteiger partial charge in [-0.05, 0) is 33.4 Å². The Bertz CT molecular complexity index is 345. The zero-order chi connectivity index (χ0) is 13.3. The first-order chi connectivity index (χ1) is 8.49. The fourth-order valence-corrected chi connectivity index (χ4v) is 2.57. The molecule has 0 spiro atoms. The maximum atomic E-state index is 12.2. The van der Waals surface area contributed by atoms with Gasteiger partial charge in [-0.1, -0.05) is 0 Å². The van der Waals surface area contributed by atoms with Crippen LogP contribution in [0.25, 0.3) is 0 Å². The van der Waals surface area contributed by atoms with Crippen LogP contribution in [0.5, 0.6) is 0 Å². The predicted octanol–water partition coefficient (Wildman–Crippen LogP) is -0.219. The third-order valence-corrected chi connectivity index (χ3v) is 3.78. The second kappa shape index (κ2) is 5.24. The average molecular weight is 256 g/mol. The minimum absolute atomic E-state index is 0.0527. The number of carboxylic acid groups (broad SMARTS) is 1. The van der Waals surface area contributed by atoms with E-state index in [0.29, 0.717) is 25.4 Å². The Morgan fingerprint density at radius 1 is 1.22 bits per heavy atom. The minimum Gasteiger partial charge on any atom is -0.479 e. The molecule has 2 fully saturated rings. The number of nitrogens with zero attached hydrogens (tertiary/aromatic N) is 2. The number of aliphatic carboxylic acids is 1. The van der Waals surface area contributed by atoms with E-state index in [4.69, 9.17) is 9.84 Å². The summed E-state index contributed by atoms with van der Waals surface area (Å²) in [7, 11) is 4.01. The van der Waals surface area contributed by atoms with E-state index in [1.54, 1.807) is 4.90 Å². The SMILES string of the molecule is CN(C)C1CCN(C(=O)C2CCC(C(=O)O)O2)C1. The summed E-state index contributed by atoms with van der Waals surface area (Å²) in [6, 6.07) is 0.394. The van der Waals surface area contributed by atoms with Crippen LogP contribution in [0.4, 0.5) is 0 Å². The van der Waals surface area contributed by atoms with Gasteiger partial charge in [0.05, 0.1) is 0 Å². The summed E-state index contributed by atoms with van der Waals surface area (Å²) in [5, 5.41) is 8.84. The van der Waals surface area contributed by atoms with Gasteiger partial charge in [0.2, 0.25) is 0 Å². The Balaban J connectivity index is 1.88. The number of likely N-dealkylation sites (N-methyl/N-ethyl adjacent to an activating group) is 1. The monoisotopic (exact) mass is 256 g/mol. The van der Waals surface area contributed by atoms with Crippen LogP contribution < -0.4 is 0 Å². The van der Waals surface area contributed by atoms with Gasteiger partial charge in [0.25, 0.3) is 5.91 Å². The van der Waals surface area contributed by atoms with Crippen LogP contribution in [0.3, 0.4) is 0 Å². The van der Waals surface area contributed by atoms with Crippen LogP contribution in [0.1, 0.15) is 19.3 Å². The van der Waals surface area contributed by atoms with E-state index < -0.39 is 18.2 Å². The second-order valence-electron chi connectivity index (χ2n) is 5.22. The van der Waals surface area contributed by atoms with Crippen LogP contribution in [-0.2, 0) is 14.3 Å². The number of amides is 1. The van der Waals surface area contributed by atoms with Crippen molar-refractivity contribution in [2.75, 3.05) is 27.2 Å². The topological polar surface area (TPSA) is 70.1 Å². The van der Waals surface area contributed by atoms with Gasteiger partial charge in [0.15, 0.2) is 6.10 Å². The highest BCUT2D eigenvalue weighted by Crippen LogP contribution is 2.24. The molecule has 3 unspecified atom stereocenters. The van der Waals surface area contributed by atoms with Gasteiger partial charge in [-0.2, -0.15) is 0 Å². The van der Waals surface area contributed by atoms with Crippen molar-refractivity contribution in [2.24, 2.45) is 0 Å². The third kappa shape index (κ3) is 2.64. The highest BCUT2D eigenvalue weighted by molar-refractivity contribution is 5.83. The van der Waals surface area contributed by atoms with Crippen molar-refractivity contribution in [1.29, 1.82) is 0 Å². The number of carboxylic acids is 1. The quantitative estimate of drug-likeness (QED) is 0.756. The minimum atomic E-state index is -0.974. The molecular formula is C12H20N2O4. The van der Waals surface area contributed by atoms with Crippen molar-refractivity contribution in [3.05, 3.63) is 0 Å². The Morgan fingerprint density at radius 2 is 1.89 bits per heavy atom. The van der Waals surface area contributed by atoms with Crippen molar-refractivity contribution >= 4 is 11.9 Å². The molecule has 2 aliphatic rings. The number of rotatable bonds is 3. The molecule has 2 heterocycles. The van der Waals surface area contributed by atoms with Crippen molar-refractivity contribution in [1.82, 2.24) is 9.80 Å². The van der Waals surface area contributed by atoms with E-state index in [1.165, 1.54) is 0 Å². The number of carbonyl (C=O) groups excluding carboxylic acids is 1. The molecule has 1 amide bonds. The summed E-state index contributed by atoms with van der Waals surface area (Å²) in [5.41, 5.74) is 0. The molecule has 0 aromatic heterocycles. The first kappa shape index (κ1) is 13.3. The van der Waals surface area contributed by atoms with Gasteiger partial charge < -0.3 is 19.6 Å². The number of carbonyl (C=O) groups is 2. The molecule has 18 heavy (non-hydrogen) atoms. The summed E-state index contributed by atoms with van der Waals surface area (Å²) in [6.45, 7) is 1.45. The van der Waals surface area contributed by atoms with Crippen LogP contribution >= 0.6 is 0 Å². The third-order valence-electron chi connectivity index (χ3n) is 3.78. The number of hydrogen-bond acceptors (Lipinski definition) is 4. The molecule has 102 valence electrons. The summed E-state index contributed by atoms with van der Waals surface area (Å²) in [6.07, 6.45) is 0.530. The fraction of sp³-hybridized carbons (Fsp3) is 0.833. The van der Waals surface area contributed by atoms with Crippen LogP contribution in [-0.4, -0.2) is 72.2 Å². The molecule has 0 radical (unpaired) electrons. The Hall–Kier alpha value is -1.14. The normalized spacial score (nSPS) is 32.2. The maximum Gasteiger partial charge on any atom is 0.332 e. The molecule has 0 bridgehead atoms. The lowest BCUT2D eigenvalue weighted by atomic mass is 10.2. The Kier molecular flexibility index (Phi) is 3.87. The first-order valence-corrected chi connectivity index (χ1v) is 6.32.